The molecule has 2 saturated heterocycles. The van der Waals surface area contributed by atoms with Gasteiger partial charge < -0.3 is 20.1 Å². The SMILES string of the molecule is C#C[C@]1(CC)O[C@@H](c2ccc3c(NC(=O)c4ccccc4)ncnn23)[C@H](F)[C@@H]1C.CC[C@@]1(/C=C/Br)O[C@@H](c2ccc3c(NC(=O)c4ccccc4)ncnn23)[C@H](F)[C@@H]1C. The van der Waals surface area contributed by atoms with Crippen LogP contribution in [0.2, 0.25) is 0 Å². The van der Waals surface area contributed by atoms with Crippen molar-refractivity contribution in [1.82, 2.24) is 29.2 Å². The second-order valence-electron chi connectivity index (χ2n) is 14.5. The molecule has 0 spiro atoms. The maximum absolute atomic E-state index is 15.3. The minimum absolute atomic E-state index is 0.277. The van der Waals surface area contributed by atoms with Crippen LogP contribution in [-0.4, -0.2) is 64.6 Å². The molecule has 15 heteroatoms. The Morgan fingerprint density at radius 1 is 0.763 bits per heavy atom. The van der Waals surface area contributed by atoms with Gasteiger partial charge in [0.25, 0.3) is 11.8 Å². The number of hydrogen-bond donors (Lipinski definition) is 2. The Hall–Kier alpha value is -5.82. The number of amides is 2. The number of anilines is 2. The van der Waals surface area contributed by atoms with Crippen molar-refractivity contribution in [2.75, 3.05) is 10.6 Å². The average Bonchev–Trinajstić information content (AvgIpc) is 4.02. The van der Waals surface area contributed by atoms with Gasteiger partial charge in [0.15, 0.2) is 11.6 Å². The monoisotopic (exact) mass is 864 g/mol. The third-order valence-electron chi connectivity index (χ3n) is 11.5. The van der Waals surface area contributed by atoms with Crippen molar-refractivity contribution in [3.63, 3.8) is 0 Å². The Morgan fingerprint density at radius 3 is 1.66 bits per heavy atom. The number of ether oxygens (including phenoxy) is 2. The molecule has 2 N–H and O–H groups in total. The van der Waals surface area contributed by atoms with Crippen molar-refractivity contribution in [2.24, 2.45) is 11.8 Å². The first-order chi connectivity index (χ1) is 28.5. The number of hydrogen-bond acceptors (Lipinski definition) is 8. The van der Waals surface area contributed by atoms with Gasteiger partial charge in [-0.15, -0.1) is 6.42 Å². The van der Waals surface area contributed by atoms with Gasteiger partial charge in [0.2, 0.25) is 0 Å². The van der Waals surface area contributed by atoms with Crippen LogP contribution in [0.15, 0.2) is 109 Å². The van der Waals surface area contributed by atoms with E-state index < -0.39 is 41.7 Å². The Labute approximate surface area is 348 Å². The highest BCUT2D eigenvalue weighted by molar-refractivity contribution is 9.11. The van der Waals surface area contributed by atoms with Crippen molar-refractivity contribution in [1.29, 1.82) is 0 Å². The number of alkyl halides is 2. The number of carbonyl (C=O) groups excluding carboxylic acids is 2. The summed E-state index contributed by atoms with van der Waals surface area (Å²) in [5, 5.41) is 14.1. The van der Waals surface area contributed by atoms with Gasteiger partial charge in [0.1, 0.15) is 53.8 Å². The van der Waals surface area contributed by atoms with Crippen LogP contribution in [0.1, 0.15) is 84.8 Å². The number of terminal acetylenes is 1. The maximum Gasteiger partial charge on any atom is 0.256 e. The lowest BCUT2D eigenvalue weighted by Gasteiger charge is -2.28. The molecule has 12 nitrogen and oxygen atoms in total. The fourth-order valence-electron chi connectivity index (χ4n) is 7.87. The van der Waals surface area contributed by atoms with Crippen LogP contribution in [0.4, 0.5) is 20.4 Å². The lowest BCUT2D eigenvalue weighted by Crippen LogP contribution is -2.33. The van der Waals surface area contributed by atoms with Crippen LogP contribution < -0.4 is 10.6 Å². The molecule has 8 atom stereocenters. The van der Waals surface area contributed by atoms with E-state index in [0.29, 0.717) is 58.0 Å². The fourth-order valence-corrected chi connectivity index (χ4v) is 8.32. The van der Waals surface area contributed by atoms with E-state index in [0.717, 1.165) is 0 Å². The molecular weight excluding hydrogens is 822 g/mol. The van der Waals surface area contributed by atoms with E-state index >= 15 is 8.78 Å². The molecule has 8 rings (SSSR count). The van der Waals surface area contributed by atoms with Crippen molar-refractivity contribution in [3.05, 3.63) is 131 Å². The van der Waals surface area contributed by atoms with E-state index in [2.05, 4.69) is 52.6 Å². The van der Waals surface area contributed by atoms with Crippen LogP contribution in [0.25, 0.3) is 11.0 Å². The molecule has 4 aromatic heterocycles. The highest BCUT2D eigenvalue weighted by Gasteiger charge is 2.53. The van der Waals surface area contributed by atoms with Gasteiger partial charge in [-0.05, 0) is 72.4 Å². The van der Waals surface area contributed by atoms with Crippen molar-refractivity contribution < 1.29 is 27.8 Å². The highest BCUT2D eigenvalue weighted by Crippen LogP contribution is 2.49. The molecule has 6 aromatic rings. The molecule has 304 valence electrons. The third kappa shape index (κ3) is 7.64. The summed E-state index contributed by atoms with van der Waals surface area (Å²) in [6.07, 6.45) is 7.24. The average molecular weight is 866 g/mol. The summed E-state index contributed by atoms with van der Waals surface area (Å²) >= 11 is 3.29. The van der Waals surface area contributed by atoms with E-state index in [1.54, 1.807) is 93.7 Å². The topological polar surface area (TPSA) is 137 Å². The molecule has 0 aliphatic carbocycles. The first-order valence-electron chi connectivity index (χ1n) is 19.3. The first-order valence-corrected chi connectivity index (χ1v) is 20.2. The number of rotatable bonds is 9. The van der Waals surface area contributed by atoms with Gasteiger partial charge in [0.05, 0.1) is 17.0 Å². The van der Waals surface area contributed by atoms with Gasteiger partial charge in [-0.2, -0.15) is 10.2 Å². The summed E-state index contributed by atoms with van der Waals surface area (Å²) in [6, 6.07) is 24.7. The number of fused-ring (bicyclic) bond motifs is 2. The minimum atomic E-state index is -1.28. The fraction of sp³-hybridized carbons (Fsp3) is 0.318. The van der Waals surface area contributed by atoms with Crippen LogP contribution in [-0.2, 0) is 9.47 Å². The first kappa shape index (κ1) is 41.3. The lowest BCUT2D eigenvalue weighted by atomic mass is 9.85. The Balaban J connectivity index is 0.000000179. The third-order valence-corrected chi connectivity index (χ3v) is 11.7. The molecule has 2 fully saturated rings. The van der Waals surface area contributed by atoms with Crippen molar-refractivity contribution in [2.45, 2.75) is 76.3 Å². The Bertz CT molecular complexity index is 2530. The van der Waals surface area contributed by atoms with Gasteiger partial charge in [-0.1, -0.05) is 85.9 Å². The number of benzene rings is 2. The molecule has 0 unspecified atom stereocenters. The zero-order valence-electron chi connectivity index (χ0n) is 32.8. The molecule has 6 heterocycles. The minimum Gasteiger partial charge on any atom is -0.358 e. The highest BCUT2D eigenvalue weighted by atomic mass is 79.9. The summed E-state index contributed by atoms with van der Waals surface area (Å²) in [7, 11) is 0. The van der Waals surface area contributed by atoms with E-state index in [-0.39, 0.29) is 17.7 Å². The lowest BCUT2D eigenvalue weighted by molar-refractivity contribution is -0.0305. The Morgan fingerprint density at radius 2 is 1.24 bits per heavy atom. The maximum atomic E-state index is 15.3. The molecule has 0 bridgehead atoms. The summed E-state index contributed by atoms with van der Waals surface area (Å²) in [6.45, 7) is 7.50. The second kappa shape index (κ2) is 17.2. The summed E-state index contributed by atoms with van der Waals surface area (Å²) in [4.78, 5) is 35.1. The van der Waals surface area contributed by atoms with Gasteiger partial charge in [-0.3, -0.25) is 9.59 Å². The van der Waals surface area contributed by atoms with Crippen LogP contribution in [0.5, 0.6) is 0 Å². The smallest absolute Gasteiger partial charge is 0.256 e. The predicted molar refractivity (Wildman–Crippen MR) is 223 cm³/mol. The molecule has 59 heavy (non-hydrogen) atoms. The Kier molecular flexibility index (Phi) is 12.0. The van der Waals surface area contributed by atoms with Gasteiger partial charge in [-0.25, -0.2) is 27.8 Å². The molecule has 2 aromatic carbocycles. The van der Waals surface area contributed by atoms with Crippen molar-refractivity contribution in [3.8, 4) is 12.3 Å². The number of nitrogens with one attached hydrogen (secondary N) is 2. The molecule has 0 saturated carbocycles. The van der Waals surface area contributed by atoms with Crippen LogP contribution in [0.3, 0.4) is 0 Å². The number of halogens is 3. The molecule has 0 radical (unpaired) electrons. The summed E-state index contributed by atoms with van der Waals surface area (Å²) < 4.78 is 45.8. The molecule has 2 amide bonds. The summed E-state index contributed by atoms with van der Waals surface area (Å²) in [5.74, 6) is 1.98. The van der Waals surface area contributed by atoms with E-state index in [1.807, 2.05) is 39.0 Å². The predicted octanol–water partition coefficient (Wildman–Crippen LogP) is 8.89. The number of nitrogens with zero attached hydrogens (tertiary/aromatic N) is 6. The van der Waals surface area contributed by atoms with Gasteiger partial charge >= 0.3 is 0 Å². The van der Waals surface area contributed by atoms with Crippen LogP contribution >= 0.6 is 15.9 Å². The zero-order chi connectivity index (χ0) is 41.9. The molecular formula is C44H43BrF2N8O4. The van der Waals surface area contributed by atoms with E-state index in [9.17, 15) is 9.59 Å². The quantitative estimate of drug-likeness (QED) is 0.138. The molecule has 2 aliphatic rings. The molecule has 2 aliphatic heterocycles. The van der Waals surface area contributed by atoms with Gasteiger partial charge in [0, 0.05) is 23.0 Å². The number of carbonyl (C=O) groups is 2. The van der Waals surface area contributed by atoms with E-state index in [4.69, 9.17) is 15.9 Å². The second-order valence-corrected chi connectivity index (χ2v) is 15.0. The summed E-state index contributed by atoms with van der Waals surface area (Å²) in [5.41, 5.74) is 1.61. The standard InChI is InChI=1S/C22H22BrFN4O2.C22H21FN4O2/c1-3-22(11-12-23)14(2)18(24)19(30-22)16-9-10-17-20(25-13-26-28(16)17)27-21(29)15-7-5-4-6-8-15;1-4-22(5-2)14(3)18(23)19(29-22)16-11-12-17-20(24-13-25-27(16)17)26-21(28)15-9-7-6-8-10-15/h4-14,18-19H,3H2,1-2H3,(H,25,26,27,29);1,6-14,18-19H,5H2,2-3H3,(H,24,25,26,28)/b12-11+;/t14-,18+,19-,22-;14-,18+,19-,22+/m00/s1. The largest absolute Gasteiger partial charge is 0.358 e. The van der Waals surface area contributed by atoms with E-state index in [1.165, 1.54) is 12.7 Å². The zero-order valence-corrected chi connectivity index (χ0v) is 34.4. The number of aromatic nitrogens is 6. The normalized spacial score (nSPS) is 26.4. The van der Waals surface area contributed by atoms with Crippen LogP contribution in [0, 0.1) is 24.2 Å². The van der Waals surface area contributed by atoms with Crippen molar-refractivity contribution >= 4 is 50.4 Å².